The highest BCUT2D eigenvalue weighted by atomic mass is 14.9. The summed E-state index contributed by atoms with van der Waals surface area (Å²) in [5.41, 5.74) is 0. The van der Waals surface area contributed by atoms with Gasteiger partial charge in [-0.25, -0.2) is 0 Å². The van der Waals surface area contributed by atoms with Crippen molar-refractivity contribution in [2.24, 2.45) is 0 Å². The van der Waals surface area contributed by atoms with Crippen LogP contribution in [0.2, 0.25) is 0 Å². The second kappa shape index (κ2) is 5.58. The molecule has 0 spiro atoms. The van der Waals surface area contributed by atoms with Gasteiger partial charge in [-0.1, -0.05) is 32.6 Å². The number of hydrogen-bond donors (Lipinski definition) is 1. The zero-order chi connectivity index (χ0) is 8.81. The lowest BCUT2D eigenvalue weighted by atomic mass is 10.1. The predicted molar refractivity (Wildman–Crippen MR) is 54.4 cm³/mol. The fraction of sp³-hybridized carbons (Fsp3) is 1.00. The smallest absolute Gasteiger partial charge is 0.00695 e. The van der Waals surface area contributed by atoms with Gasteiger partial charge in [-0.3, -0.25) is 0 Å². The maximum Gasteiger partial charge on any atom is 0.00695 e. The largest absolute Gasteiger partial charge is 0.312 e. The van der Waals surface area contributed by atoms with Crippen LogP contribution in [0.25, 0.3) is 0 Å². The molecule has 1 aliphatic carbocycles. The summed E-state index contributed by atoms with van der Waals surface area (Å²) in [6, 6.07) is 1.59. The second-order valence-corrected chi connectivity index (χ2v) is 4.19. The van der Waals surface area contributed by atoms with E-state index in [2.05, 4.69) is 19.2 Å². The van der Waals surface area contributed by atoms with E-state index in [1.54, 1.807) is 0 Å². The fourth-order valence-corrected chi connectivity index (χ4v) is 2.09. The van der Waals surface area contributed by atoms with Crippen LogP contribution in [0.5, 0.6) is 0 Å². The molecule has 1 fully saturated rings. The zero-order valence-electron chi connectivity index (χ0n) is 8.60. The third kappa shape index (κ3) is 3.57. The summed E-state index contributed by atoms with van der Waals surface area (Å²) in [5, 5.41) is 3.71. The molecule has 0 aromatic carbocycles. The van der Waals surface area contributed by atoms with Gasteiger partial charge in [0.2, 0.25) is 0 Å². The Hall–Kier alpha value is -0.0400. The van der Waals surface area contributed by atoms with Crippen molar-refractivity contribution in [3.8, 4) is 0 Å². The van der Waals surface area contributed by atoms with Crippen LogP contribution in [0.4, 0.5) is 0 Å². The standard InChI is InChI=1S/C11H23N/c1-3-4-7-10(2)12-11-8-5-6-9-11/h10-12H,3-9H2,1-2H3. The SMILES string of the molecule is CCCCC(C)NC1CCCC1. The molecule has 0 amide bonds. The number of nitrogens with one attached hydrogen (secondary N) is 1. The van der Waals surface area contributed by atoms with Gasteiger partial charge < -0.3 is 5.32 Å². The summed E-state index contributed by atoms with van der Waals surface area (Å²) in [6.07, 6.45) is 9.77. The first kappa shape index (κ1) is 10.0. The highest BCUT2D eigenvalue weighted by Gasteiger charge is 2.15. The third-order valence-corrected chi connectivity index (χ3v) is 2.87. The minimum absolute atomic E-state index is 0.744. The fourth-order valence-electron chi connectivity index (χ4n) is 2.09. The van der Waals surface area contributed by atoms with Gasteiger partial charge in [0.15, 0.2) is 0 Å². The zero-order valence-corrected chi connectivity index (χ0v) is 8.60. The van der Waals surface area contributed by atoms with Crippen LogP contribution in [0, 0.1) is 0 Å². The molecule has 1 unspecified atom stereocenters. The van der Waals surface area contributed by atoms with Crippen LogP contribution in [0.1, 0.15) is 58.8 Å². The van der Waals surface area contributed by atoms with E-state index in [9.17, 15) is 0 Å². The van der Waals surface area contributed by atoms with Crippen LogP contribution in [-0.4, -0.2) is 12.1 Å². The van der Waals surface area contributed by atoms with Crippen molar-refractivity contribution in [1.29, 1.82) is 0 Å². The molecule has 0 aliphatic heterocycles. The van der Waals surface area contributed by atoms with E-state index >= 15 is 0 Å². The lowest BCUT2D eigenvalue weighted by Gasteiger charge is -2.18. The molecule has 1 rings (SSSR count). The average molecular weight is 169 g/mol. The Bertz CT molecular complexity index is 106. The summed E-state index contributed by atoms with van der Waals surface area (Å²) < 4.78 is 0. The van der Waals surface area contributed by atoms with Crippen molar-refractivity contribution < 1.29 is 0 Å². The number of rotatable bonds is 5. The first-order valence-corrected chi connectivity index (χ1v) is 5.59. The summed E-state index contributed by atoms with van der Waals surface area (Å²) in [6.45, 7) is 4.59. The second-order valence-electron chi connectivity index (χ2n) is 4.19. The lowest BCUT2D eigenvalue weighted by molar-refractivity contribution is 0.422. The van der Waals surface area contributed by atoms with Crippen molar-refractivity contribution >= 4 is 0 Å². The van der Waals surface area contributed by atoms with Crippen molar-refractivity contribution in [2.45, 2.75) is 70.9 Å². The first-order chi connectivity index (χ1) is 5.83. The molecule has 1 N–H and O–H groups in total. The molecular formula is C11H23N. The minimum atomic E-state index is 0.744. The highest BCUT2D eigenvalue weighted by molar-refractivity contribution is 4.76. The van der Waals surface area contributed by atoms with Crippen LogP contribution in [-0.2, 0) is 0 Å². The molecule has 1 atom stereocenters. The van der Waals surface area contributed by atoms with E-state index in [0.29, 0.717) is 0 Å². The predicted octanol–water partition coefficient (Wildman–Crippen LogP) is 3.10. The van der Waals surface area contributed by atoms with Crippen molar-refractivity contribution in [3.05, 3.63) is 0 Å². The number of hydrogen-bond acceptors (Lipinski definition) is 1. The monoisotopic (exact) mass is 169 g/mol. The van der Waals surface area contributed by atoms with E-state index in [1.165, 1.54) is 44.9 Å². The Labute approximate surface area is 76.9 Å². The van der Waals surface area contributed by atoms with Crippen molar-refractivity contribution in [2.75, 3.05) is 0 Å². The quantitative estimate of drug-likeness (QED) is 0.667. The van der Waals surface area contributed by atoms with Crippen LogP contribution in [0.3, 0.4) is 0 Å². The van der Waals surface area contributed by atoms with Crippen LogP contribution in [0.15, 0.2) is 0 Å². The maximum atomic E-state index is 3.71. The van der Waals surface area contributed by atoms with Crippen LogP contribution >= 0.6 is 0 Å². The first-order valence-electron chi connectivity index (χ1n) is 5.59. The Morgan fingerprint density at radius 2 is 2.00 bits per heavy atom. The van der Waals surface area contributed by atoms with Crippen molar-refractivity contribution in [3.63, 3.8) is 0 Å². The van der Waals surface area contributed by atoms with Gasteiger partial charge in [0, 0.05) is 12.1 Å². The van der Waals surface area contributed by atoms with Gasteiger partial charge in [-0.15, -0.1) is 0 Å². The van der Waals surface area contributed by atoms with E-state index in [4.69, 9.17) is 0 Å². The Kier molecular flexibility index (Phi) is 4.67. The lowest BCUT2D eigenvalue weighted by Crippen LogP contribution is -2.34. The van der Waals surface area contributed by atoms with Gasteiger partial charge in [-0.2, -0.15) is 0 Å². The molecule has 1 saturated carbocycles. The van der Waals surface area contributed by atoms with Gasteiger partial charge in [-0.05, 0) is 26.2 Å². The summed E-state index contributed by atoms with van der Waals surface area (Å²) in [5.74, 6) is 0. The van der Waals surface area contributed by atoms with Gasteiger partial charge >= 0.3 is 0 Å². The normalized spacial score (nSPS) is 21.5. The molecule has 0 aromatic rings. The molecule has 72 valence electrons. The minimum Gasteiger partial charge on any atom is -0.312 e. The Morgan fingerprint density at radius 1 is 1.33 bits per heavy atom. The molecule has 1 heteroatoms. The summed E-state index contributed by atoms with van der Waals surface area (Å²) in [4.78, 5) is 0. The van der Waals surface area contributed by atoms with E-state index in [1.807, 2.05) is 0 Å². The van der Waals surface area contributed by atoms with Crippen LogP contribution < -0.4 is 5.32 Å². The van der Waals surface area contributed by atoms with Crippen molar-refractivity contribution in [1.82, 2.24) is 5.32 Å². The molecule has 0 radical (unpaired) electrons. The van der Waals surface area contributed by atoms with E-state index in [0.717, 1.165) is 12.1 Å². The third-order valence-electron chi connectivity index (χ3n) is 2.87. The van der Waals surface area contributed by atoms with Gasteiger partial charge in [0.05, 0.1) is 0 Å². The molecule has 1 aliphatic rings. The summed E-state index contributed by atoms with van der Waals surface area (Å²) in [7, 11) is 0. The maximum absolute atomic E-state index is 3.71. The molecular weight excluding hydrogens is 146 g/mol. The average Bonchev–Trinajstić information content (AvgIpc) is 2.53. The molecule has 12 heavy (non-hydrogen) atoms. The topological polar surface area (TPSA) is 12.0 Å². The Balaban J connectivity index is 2.03. The van der Waals surface area contributed by atoms with Gasteiger partial charge in [0.1, 0.15) is 0 Å². The Morgan fingerprint density at radius 3 is 2.58 bits per heavy atom. The molecule has 0 saturated heterocycles. The molecule has 0 heterocycles. The molecule has 0 aromatic heterocycles. The van der Waals surface area contributed by atoms with E-state index < -0.39 is 0 Å². The van der Waals surface area contributed by atoms with Gasteiger partial charge in [0.25, 0.3) is 0 Å². The number of unbranched alkanes of at least 4 members (excludes halogenated alkanes) is 1. The molecule has 0 bridgehead atoms. The highest BCUT2D eigenvalue weighted by Crippen LogP contribution is 2.18. The molecule has 1 nitrogen and oxygen atoms in total. The van der Waals surface area contributed by atoms with E-state index in [-0.39, 0.29) is 0 Å². The summed E-state index contributed by atoms with van der Waals surface area (Å²) >= 11 is 0.